The number of carbonyl (C=O) groups excluding carboxylic acids is 1. The molecule has 0 aliphatic rings. The normalized spacial score (nSPS) is 12.3. The summed E-state index contributed by atoms with van der Waals surface area (Å²) >= 11 is 6.45. The first-order valence-electron chi connectivity index (χ1n) is 7.89. The molecule has 0 aliphatic carbocycles. The van der Waals surface area contributed by atoms with Crippen molar-refractivity contribution in [3.8, 4) is 0 Å². The molecular weight excluding hydrogens is 390 g/mol. The molecule has 0 aliphatic heterocycles. The summed E-state index contributed by atoms with van der Waals surface area (Å²) in [4.78, 5) is 13.5. The molecule has 1 aromatic carbocycles. The third-order valence-corrected chi connectivity index (χ3v) is 6.69. The molecule has 9 heteroatoms. The van der Waals surface area contributed by atoms with Gasteiger partial charge in [-0.1, -0.05) is 18.2 Å². The van der Waals surface area contributed by atoms with Crippen LogP contribution in [0.2, 0.25) is 0 Å². The van der Waals surface area contributed by atoms with Gasteiger partial charge in [-0.05, 0) is 54.7 Å². The number of thiocarbonyl (C=S) groups is 1. The lowest BCUT2D eigenvalue weighted by Crippen LogP contribution is -2.37. The van der Waals surface area contributed by atoms with Crippen LogP contribution in [0.4, 0.5) is 0 Å². The van der Waals surface area contributed by atoms with Gasteiger partial charge < -0.3 is 10.6 Å². The van der Waals surface area contributed by atoms with E-state index in [1.165, 1.54) is 13.1 Å². The molecule has 1 unspecified atom stereocenters. The number of benzene rings is 1. The fourth-order valence-corrected chi connectivity index (χ4v) is 4.68. The van der Waals surface area contributed by atoms with E-state index in [2.05, 4.69) is 15.4 Å². The highest BCUT2D eigenvalue weighted by molar-refractivity contribution is 7.91. The van der Waals surface area contributed by atoms with E-state index in [0.29, 0.717) is 11.1 Å². The monoisotopic (exact) mass is 411 g/mol. The second-order valence-electron chi connectivity index (χ2n) is 5.77. The summed E-state index contributed by atoms with van der Waals surface area (Å²) in [7, 11) is -2.27. The Morgan fingerprint density at radius 3 is 2.65 bits per heavy atom. The Morgan fingerprint density at radius 1 is 1.31 bits per heavy atom. The minimum absolute atomic E-state index is 0.0114. The SMILES string of the molecule is CNC(=S)NS(=O)(=O)c1cc(CC(=O)NC(C)c2cccs2)ccc1C. The highest BCUT2D eigenvalue weighted by Crippen LogP contribution is 2.20. The molecule has 0 saturated heterocycles. The molecule has 0 radical (unpaired) electrons. The van der Waals surface area contributed by atoms with Crippen molar-refractivity contribution >= 4 is 44.6 Å². The van der Waals surface area contributed by atoms with Crippen molar-refractivity contribution in [2.75, 3.05) is 7.05 Å². The second-order valence-corrected chi connectivity index (χ2v) is 8.80. The molecule has 2 aromatic rings. The van der Waals surface area contributed by atoms with E-state index < -0.39 is 10.0 Å². The molecule has 0 spiro atoms. The third-order valence-electron chi connectivity index (χ3n) is 3.71. The first-order valence-corrected chi connectivity index (χ1v) is 10.7. The van der Waals surface area contributed by atoms with Crippen LogP contribution < -0.4 is 15.4 Å². The van der Waals surface area contributed by atoms with Crippen molar-refractivity contribution in [1.29, 1.82) is 0 Å². The number of hydrogen-bond donors (Lipinski definition) is 3. The molecule has 0 fully saturated rings. The quantitative estimate of drug-likeness (QED) is 0.635. The van der Waals surface area contributed by atoms with Crippen LogP contribution in [-0.4, -0.2) is 26.5 Å². The summed E-state index contributed by atoms with van der Waals surface area (Å²) in [6, 6.07) is 8.74. The van der Waals surface area contributed by atoms with Gasteiger partial charge in [0.15, 0.2) is 5.11 Å². The van der Waals surface area contributed by atoms with E-state index in [0.717, 1.165) is 4.88 Å². The topological polar surface area (TPSA) is 87.3 Å². The summed E-state index contributed by atoms with van der Waals surface area (Å²) in [5, 5.41) is 7.46. The largest absolute Gasteiger partial charge is 0.365 e. The van der Waals surface area contributed by atoms with Crippen molar-refractivity contribution in [3.05, 3.63) is 51.7 Å². The van der Waals surface area contributed by atoms with Crippen molar-refractivity contribution in [2.45, 2.75) is 31.2 Å². The van der Waals surface area contributed by atoms with E-state index in [1.807, 2.05) is 24.4 Å². The predicted molar refractivity (Wildman–Crippen MR) is 108 cm³/mol. The summed E-state index contributed by atoms with van der Waals surface area (Å²) in [6.07, 6.45) is 0.0923. The molecule has 0 saturated carbocycles. The number of nitrogens with one attached hydrogen (secondary N) is 3. The molecule has 1 heterocycles. The number of sulfonamides is 1. The Bertz CT molecular complexity index is 893. The Hall–Kier alpha value is -1.97. The van der Waals surface area contributed by atoms with Crippen molar-refractivity contribution < 1.29 is 13.2 Å². The Labute approximate surface area is 163 Å². The molecular formula is C17H21N3O3S3. The van der Waals surface area contributed by atoms with Crippen molar-refractivity contribution in [2.24, 2.45) is 0 Å². The van der Waals surface area contributed by atoms with E-state index in [1.54, 1.807) is 30.4 Å². The van der Waals surface area contributed by atoms with Gasteiger partial charge in [0.2, 0.25) is 5.91 Å². The number of hydrogen-bond acceptors (Lipinski definition) is 5. The van der Waals surface area contributed by atoms with Crippen LogP contribution in [0.1, 0.15) is 29.0 Å². The molecule has 6 nitrogen and oxygen atoms in total. The number of rotatable bonds is 6. The molecule has 1 atom stereocenters. The van der Waals surface area contributed by atoms with Crippen LogP contribution >= 0.6 is 23.6 Å². The minimum Gasteiger partial charge on any atom is -0.365 e. The number of thiophene rings is 1. The number of carbonyl (C=O) groups is 1. The van der Waals surface area contributed by atoms with Gasteiger partial charge in [0.25, 0.3) is 10.0 Å². The Kier molecular flexibility index (Phi) is 6.74. The van der Waals surface area contributed by atoms with Crippen LogP contribution in [0.25, 0.3) is 0 Å². The molecule has 26 heavy (non-hydrogen) atoms. The zero-order chi connectivity index (χ0) is 19.3. The smallest absolute Gasteiger partial charge is 0.263 e. The first kappa shape index (κ1) is 20.3. The predicted octanol–water partition coefficient (Wildman–Crippen LogP) is 2.26. The van der Waals surface area contributed by atoms with Crippen LogP contribution in [-0.2, 0) is 21.2 Å². The molecule has 2 rings (SSSR count). The fraction of sp³-hybridized carbons (Fsp3) is 0.294. The van der Waals surface area contributed by atoms with Gasteiger partial charge in [0, 0.05) is 11.9 Å². The number of amides is 1. The lowest BCUT2D eigenvalue weighted by molar-refractivity contribution is -0.121. The molecule has 140 valence electrons. The zero-order valence-electron chi connectivity index (χ0n) is 14.7. The highest BCUT2D eigenvalue weighted by atomic mass is 32.2. The average Bonchev–Trinajstić information content (AvgIpc) is 3.10. The minimum atomic E-state index is -3.80. The van der Waals surface area contributed by atoms with E-state index in [-0.39, 0.29) is 28.4 Å². The Morgan fingerprint density at radius 2 is 2.04 bits per heavy atom. The maximum atomic E-state index is 12.5. The van der Waals surface area contributed by atoms with Crippen LogP contribution in [0.5, 0.6) is 0 Å². The summed E-state index contributed by atoms with van der Waals surface area (Å²) in [5.74, 6) is -0.170. The maximum Gasteiger partial charge on any atom is 0.263 e. The van der Waals surface area contributed by atoms with Gasteiger partial charge in [0.1, 0.15) is 0 Å². The molecule has 1 amide bonds. The summed E-state index contributed by atoms with van der Waals surface area (Å²) in [5.41, 5.74) is 1.19. The Balaban J connectivity index is 2.13. The zero-order valence-corrected chi connectivity index (χ0v) is 17.1. The van der Waals surface area contributed by atoms with Gasteiger partial charge in [-0.15, -0.1) is 11.3 Å². The lowest BCUT2D eigenvalue weighted by Gasteiger charge is -2.14. The molecule has 1 aromatic heterocycles. The summed E-state index contributed by atoms with van der Waals surface area (Å²) < 4.78 is 27.2. The van der Waals surface area contributed by atoms with Crippen LogP contribution in [0, 0.1) is 6.92 Å². The average molecular weight is 412 g/mol. The fourth-order valence-electron chi connectivity index (χ4n) is 2.36. The van der Waals surface area contributed by atoms with E-state index in [4.69, 9.17) is 12.2 Å². The summed E-state index contributed by atoms with van der Waals surface area (Å²) in [6.45, 7) is 3.61. The number of aryl methyl sites for hydroxylation is 1. The van der Waals surface area contributed by atoms with Gasteiger partial charge in [0.05, 0.1) is 17.4 Å². The van der Waals surface area contributed by atoms with Gasteiger partial charge >= 0.3 is 0 Å². The lowest BCUT2D eigenvalue weighted by atomic mass is 10.1. The van der Waals surface area contributed by atoms with Crippen molar-refractivity contribution in [1.82, 2.24) is 15.4 Å². The van der Waals surface area contributed by atoms with Crippen LogP contribution in [0.15, 0.2) is 40.6 Å². The molecule has 0 bridgehead atoms. The van der Waals surface area contributed by atoms with Gasteiger partial charge in [-0.3, -0.25) is 9.52 Å². The van der Waals surface area contributed by atoms with E-state index in [9.17, 15) is 13.2 Å². The maximum absolute atomic E-state index is 12.5. The van der Waals surface area contributed by atoms with Crippen molar-refractivity contribution in [3.63, 3.8) is 0 Å². The first-order chi connectivity index (χ1) is 12.2. The van der Waals surface area contributed by atoms with Gasteiger partial charge in [-0.25, -0.2) is 8.42 Å². The van der Waals surface area contributed by atoms with Gasteiger partial charge in [-0.2, -0.15) is 0 Å². The highest BCUT2D eigenvalue weighted by Gasteiger charge is 2.19. The second kappa shape index (κ2) is 8.61. The van der Waals surface area contributed by atoms with Crippen LogP contribution in [0.3, 0.4) is 0 Å². The van der Waals surface area contributed by atoms with E-state index >= 15 is 0 Å². The molecule has 3 N–H and O–H groups in total. The standard InChI is InChI=1S/C17H21N3O3S3/c1-11-6-7-13(9-15(11)26(22,23)20-17(24)18-3)10-16(21)19-12(2)14-5-4-8-25-14/h4-9,12H,10H2,1-3H3,(H,19,21)(H2,18,20,24). The third kappa shape index (κ3) is 5.26.